The van der Waals surface area contributed by atoms with Crippen LogP contribution < -0.4 is 0 Å². The molecule has 0 atom stereocenters. The van der Waals surface area contributed by atoms with E-state index in [1.807, 2.05) is 42.5 Å². The molecule has 96 valence electrons. The summed E-state index contributed by atoms with van der Waals surface area (Å²) >= 11 is 1.21. The Morgan fingerprint density at radius 2 is 2.05 bits per heavy atom. The van der Waals surface area contributed by atoms with Crippen molar-refractivity contribution in [1.82, 2.24) is 9.38 Å². The molecule has 0 unspecified atom stereocenters. The van der Waals surface area contributed by atoms with E-state index < -0.39 is 5.97 Å². The average molecular weight is 272 g/mol. The number of benzene rings is 1. The number of hydrogen-bond acceptors (Lipinski definition) is 3. The lowest BCUT2D eigenvalue weighted by Gasteiger charge is -2.07. The standard InChI is InChI=1S/C14H12N2O2S/c1-8-5-3-4-6-10(8)11-12(13(17)18)19-14-15-7-9(2)16(11)14/h3-7H,1-2H3,(H,17,18). The van der Waals surface area contributed by atoms with Crippen molar-refractivity contribution in [2.45, 2.75) is 13.8 Å². The van der Waals surface area contributed by atoms with E-state index in [1.165, 1.54) is 11.3 Å². The van der Waals surface area contributed by atoms with Crippen molar-refractivity contribution < 1.29 is 9.90 Å². The van der Waals surface area contributed by atoms with E-state index >= 15 is 0 Å². The third-order valence-corrected chi connectivity index (χ3v) is 4.17. The number of aromatic nitrogens is 2. The highest BCUT2D eigenvalue weighted by Gasteiger charge is 2.22. The van der Waals surface area contributed by atoms with Crippen LogP contribution in [0.15, 0.2) is 30.5 Å². The predicted octanol–water partition coefficient (Wildman–Crippen LogP) is 3.38. The molecule has 4 nitrogen and oxygen atoms in total. The minimum absolute atomic E-state index is 0.334. The molecule has 2 aromatic heterocycles. The van der Waals surface area contributed by atoms with Crippen molar-refractivity contribution in [2.75, 3.05) is 0 Å². The number of hydrogen-bond donors (Lipinski definition) is 1. The Labute approximate surface area is 114 Å². The first-order valence-corrected chi connectivity index (χ1v) is 6.67. The zero-order chi connectivity index (χ0) is 13.6. The lowest BCUT2D eigenvalue weighted by atomic mass is 10.0. The van der Waals surface area contributed by atoms with Gasteiger partial charge >= 0.3 is 5.97 Å². The lowest BCUT2D eigenvalue weighted by Crippen LogP contribution is -1.99. The number of nitrogens with zero attached hydrogens (tertiary/aromatic N) is 2. The zero-order valence-corrected chi connectivity index (χ0v) is 11.4. The molecule has 0 bridgehead atoms. The second-order valence-electron chi connectivity index (χ2n) is 4.42. The van der Waals surface area contributed by atoms with E-state index in [9.17, 15) is 9.90 Å². The van der Waals surface area contributed by atoms with E-state index in [-0.39, 0.29) is 0 Å². The number of rotatable bonds is 2. The topological polar surface area (TPSA) is 54.6 Å². The fourth-order valence-corrected chi connectivity index (χ4v) is 3.23. The first-order chi connectivity index (χ1) is 9.09. The van der Waals surface area contributed by atoms with Gasteiger partial charge in [-0.15, -0.1) is 0 Å². The monoisotopic (exact) mass is 272 g/mol. The average Bonchev–Trinajstić information content (AvgIpc) is 2.91. The number of thiazole rings is 1. The Hall–Kier alpha value is -2.14. The van der Waals surface area contributed by atoms with Crippen molar-refractivity contribution in [3.63, 3.8) is 0 Å². The van der Waals surface area contributed by atoms with E-state index in [2.05, 4.69) is 4.98 Å². The summed E-state index contributed by atoms with van der Waals surface area (Å²) in [6, 6.07) is 7.80. The molecule has 3 rings (SSSR count). The van der Waals surface area contributed by atoms with Gasteiger partial charge in [-0.3, -0.25) is 4.40 Å². The smallest absolute Gasteiger partial charge is 0.348 e. The molecule has 0 aliphatic heterocycles. The van der Waals surface area contributed by atoms with Crippen LogP contribution in [0.2, 0.25) is 0 Å². The Morgan fingerprint density at radius 3 is 2.74 bits per heavy atom. The summed E-state index contributed by atoms with van der Waals surface area (Å²) in [6.07, 6.45) is 1.76. The largest absolute Gasteiger partial charge is 0.477 e. The number of carbonyl (C=O) groups is 1. The highest BCUT2D eigenvalue weighted by Crippen LogP contribution is 2.34. The fraction of sp³-hybridized carbons (Fsp3) is 0.143. The minimum Gasteiger partial charge on any atom is -0.477 e. The maximum atomic E-state index is 11.5. The number of carboxylic acids is 1. The molecule has 0 amide bonds. The van der Waals surface area contributed by atoms with Gasteiger partial charge in [0, 0.05) is 17.5 Å². The van der Waals surface area contributed by atoms with Gasteiger partial charge in [0.2, 0.25) is 0 Å². The summed E-state index contributed by atoms with van der Waals surface area (Å²) in [5.74, 6) is -0.909. The summed E-state index contributed by atoms with van der Waals surface area (Å²) in [5.41, 5.74) is 3.66. The number of carboxylic acid groups (broad SMARTS) is 1. The molecule has 0 saturated carbocycles. The van der Waals surface area contributed by atoms with Crippen LogP contribution in [-0.4, -0.2) is 20.5 Å². The van der Waals surface area contributed by atoms with Crippen molar-refractivity contribution >= 4 is 22.3 Å². The summed E-state index contributed by atoms with van der Waals surface area (Å²) in [4.78, 5) is 16.8. The van der Waals surface area contributed by atoms with E-state index in [4.69, 9.17) is 0 Å². The quantitative estimate of drug-likeness (QED) is 0.778. The van der Waals surface area contributed by atoms with Crippen LogP contribution in [0.25, 0.3) is 16.2 Å². The molecule has 3 aromatic rings. The predicted molar refractivity (Wildman–Crippen MR) is 74.9 cm³/mol. The van der Waals surface area contributed by atoms with Gasteiger partial charge in [0.05, 0.1) is 5.69 Å². The van der Waals surface area contributed by atoms with Gasteiger partial charge in [0.25, 0.3) is 0 Å². The van der Waals surface area contributed by atoms with E-state index in [1.54, 1.807) is 6.20 Å². The minimum atomic E-state index is -0.909. The molecule has 0 saturated heterocycles. The van der Waals surface area contributed by atoms with Crippen LogP contribution in [0.3, 0.4) is 0 Å². The molecule has 1 N–H and O–H groups in total. The van der Waals surface area contributed by atoms with Gasteiger partial charge in [-0.25, -0.2) is 9.78 Å². The van der Waals surface area contributed by atoms with E-state index in [0.29, 0.717) is 9.84 Å². The number of aromatic carboxylic acids is 1. The van der Waals surface area contributed by atoms with Gasteiger partial charge in [-0.1, -0.05) is 35.6 Å². The van der Waals surface area contributed by atoms with Crippen LogP contribution in [-0.2, 0) is 0 Å². The first-order valence-electron chi connectivity index (χ1n) is 5.85. The molecular formula is C14H12N2O2S. The normalized spacial score (nSPS) is 11.1. The summed E-state index contributed by atoms with van der Waals surface area (Å²) in [7, 11) is 0. The van der Waals surface area contributed by atoms with Crippen LogP contribution in [0, 0.1) is 13.8 Å². The maximum Gasteiger partial charge on any atom is 0.348 e. The van der Waals surface area contributed by atoms with E-state index in [0.717, 1.165) is 22.5 Å². The maximum absolute atomic E-state index is 11.5. The third kappa shape index (κ3) is 1.74. The Kier molecular flexibility index (Phi) is 2.64. The number of aryl methyl sites for hydroxylation is 2. The second-order valence-corrected chi connectivity index (χ2v) is 5.39. The third-order valence-electron chi connectivity index (χ3n) is 3.13. The highest BCUT2D eigenvalue weighted by molar-refractivity contribution is 7.19. The number of fused-ring (bicyclic) bond motifs is 1. The molecular weight excluding hydrogens is 260 g/mol. The lowest BCUT2D eigenvalue weighted by molar-refractivity contribution is 0.0702. The van der Waals surface area contributed by atoms with Gasteiger partial charge in [0.15, 0.2) is 4.96 Å². The van der Waals surface area contributed by atoms with Crippen LogP contribution >= 0.6 is 11.3 Å². The SMILES string of the molecule is Cc1ccccc1-c1c(C(=O)O)sc2ncc(C)n12. The molecule has 0 aliphatic rings. The van der Waals surface area contributed by atoms with Crippen molar-refractivity contribution in [1.29, 1.82) is 0 Å². The van der Waals surface area contributed by atoms with Gasteiger partial charge in [0.1, 0.15) is 4.88 Å². The van der Waals surface area contributed by atoms with Crippen molar-refractivity contribution in [2.24, 2.45) is 0 Å². The molecule has 19 heavy (non-hydrogen) atoms. The fourth-order valence-electron chi connectivity index (χ4n) is 2.23. The summed E-state index contributed by atoms with van der Waals surface area (Å²) in [6.45, 7) is 3.91. The molecule has 0 radical (unpaired) electrons. The first kappa shape index (κ1) is 11.9. The summed E-state index contributed by atoms with van der Waals surface area (Å²) in [5, 5.41) is 9.40. The number of imidazole rings is 1. The molecule has 1 aromatic carbocycles. The van der Waals surface area contributed by atoms with Crippen LogP contribution in [0.4, 0.5) is 0 Å². The molecule has 2 heterocycles. The molecule has 0 spiro atoms. The Balaban J connectivity index is 2.44. The molecule has 5 heteroatoms. The van der Waals surface area contributed by atoms with Crippen LogP contribution in [0.1, 0.15) is 20.9 Å². The van der Waals surface area contributed by atoms with Crippen LogP contribution in [0.5, 0.6) is 0 Å². The highest BCUT2D eigenvalue weighted by atomic mass is 32.1. The molecule has 0 aliphatic carbocycles. The second kappa shape index (κ2) is 4.20. The van der Waals surface area contributed by atoms with Gasteiger partial charge in [-0.2, -0.15) is 0 Å². The van der Waals surface area contributed by atoms with Gasteiger partial charge < -0.3 is 5.11 Å². The summed E-state index contributed by atoms with van der Waals surface area (Å²) < 4.78 is 1.91. The Bertz CT molecular complexity index is 786. The van der Waals surface area contributed by atoms with Gasteiger partial charge in [-0.05, 0) is 19.4 Å². The van der Waals surface area contributed by atoms with Crippen molar-refractivity contribution in [3.8, 4) is 11.3 Å². The molecule has 0 fully saturated rings. The zero-order valence-electron chi connectivity index (χ0n) is 10.5. The Morgan fingerprint density at radius 1 is 1.32 bits per heavy atom. The van der Waals surface area contributed by atoms with Crippen molar-refractivity contribution in [3.05, 3.63) is 46.6 Å².